The predicted molar refractivity (Wildman–Crippen MR) is 73.8 cm³/mol. The van der Waals surface area contributed by atoms with Gasteiger partial charge < -0.3 is 5.11 Å². The van der Waals surface area contributed by atoms with E-state index in [1.54, 1.807) is 0 Å². The Morgan fingerprint density at radius 1 is 1.00 bits per heavy atom. The van der Waals surface area contributed by atoms with Crippen LogP contribution in [0.4, 0.5) is 0 Å². The molecule has 1 aliphatic carbocycles. The number of hydrogen-bond acceptors (Lipinski definition) is 2. The number of phenols is 1. The number of rotatable bonds is 1. The summed E-state index contributed by atoms with van der Waals surface area (Å²) in [4.78, 5) is 2.68. The summed E-state index contributed by atoms with van der Waals surface area (Å²) in [6.45, 7) is 2.51. The molecule has 1 atom stereocenters. The van der Waals surface area contributed by atoms with Crippen LogP contribution in [-0.4, -0.2) is 23.1 Å². The van der Waals surface area contributed by atoms with Crippen molar-refractivity contribution in [1.29, 1.82) is 0 Å². The first-order valence-corrected chi connectivity index (χ1v) is 7.40. The molecule has 2 heteroatoms. The van der Waals surface area contributed by atoms with Gasteiger partial charge in [0.2, 0.25) is 0 Å². The van der Waals surface area contributed by atoms with Gasteiger partial charge in [0, 0.05) is 6.04 Å². The lowest BCUT2D eigenvalue weighted by molar-refractivity contribution is 0.179. The normalized spacial score (nSPS) is 25.4. The molecule has 1 aromatic rings. The summed E-state index contributed by atoms with van der Waals surface area (Å²) in [5.74, 6) is 0.419. The van der Waals surface area contributed by atoms with Gasteiger partial charge in [-0.2, -0.15) is 0 Å². The second-order valence-corrected chi connectivity index (χ2v) is 5.74. The fourth-order valence-electron chi connectivity index (χ4n) is 3.54. The van der Waals surface area contributed by atoms with Crippen molar-refractivity contribution in [3.8, 4) is 5.75 Å². The van der Waals surface area contributed by atoms with Gasteiger partial charge in [-0.3, -0.25) is 4.90 Å². The molecule has 1 N–H and O–H groups in total. The zero-order chi connectivity index (χ0) is 12.4. The van der Waals surface area contributed by atoms with Crippen molar-refractivity contribution >= 4 is 0 Å². The first-order chi connectivity index (χ1) is 8.84. The topological polar surface area (TPSA) is 23.5 Å². The molecular weight excluding hydrogens is 222 g/mol. The van der Waals surface area contributed by atoms with Crippen molar-refractivity contribution in [3.05, 3.63) is 29.3 Å². The molecule has 2 nitrogen and oxygen atoms in total. The third-order valence-electron chi connectivity index (χ3n) is 4.50. The molecule has 1 aliphatic heterocycles. The van der Waals surface area contributed by atoms with Crippen molar-refractivity contribution < 1.29 is 5.11 Å². The van der Waals surface area contributed by atoms with Gasteiger partial charge in [-0.25, -0.2) is 0 Å². The minimum absolute atomic E-state index is 0.419. The highest BCUT2D eigenvalue weighted by atomic mass is 16.3. The lowest BCUT2D eigenvalue weighted by Gasteiger charge is -2.31. The highest BCUT2D eigenvalue weighted by molar-refractivity contribution is 5.40. The monoisotopic (exact) mass is 245 g/mol. The van der Waals surface area contributed by atoms with Crippen LogP contribution < -0.4 is 0 Å². The van der Waals surface area contributed by atoms with Crippen molar-refractivity contribution in [3.63, 3.8) is 0 Å². The zero-order valence-electron chi connectivity index (χ0n) is 11.1. The second-order valence-electron chi connectivity index (χ2n) is 5.74. The molecule has 98 valence electrons. The first kappa shape index (κ1) is 12.0. The first-order valence-electron chi connectivity index (χ1n) is 7.40. The fraction of sp³-hybridized carbons (Fsp3) is 0.625. The number of aryl methyl sites for hydroxylation is 1. The second kappa shape index (κ2) is 5.31. The van der Waals surface area contributed by atoms with Crippen LogP contribution in [0, 0.1) is 0 Å². The van der Waals surface area contributed by atoms with Gasteiger partial charge in [-0.05, 0) is 62.0 Å². The van der Waals surface area contributed by atoms with E-state index >= 15 is 0 Å². The predicted octanol–water partition coefficient (Wildman–Crippen LogP) is 3.65. The molecule has 1 aromatic carbocycles. The van der Waals surface area contributed by atoms with Gasteiger partial charge in [-0.1, -0.05) is 25.3 Å². The molecule has 0 aromatic heterocycles. The van der Waals surface area contributed by atoms with E-state index in [9.17, 15) is 5.11 Å². The summed E-state index contributed by atoms with van der Waals surface area (Å²) in [5.41, 5.74) is 2.83. The minimum atomic E-state index is 0.419. The third-order valence-corrected chi connectivity index (χ3v) is 4.50. The van der Waals surface area contributed by atoms with Gasteiger partial charge in [0.05, 0.1) is 0 Å². The summed E-state index contributed by atoms with van der Waals surface area (Å²) in [6.07, 6.45) is 9.28. The van der Waals surface area contributed by atoms with E-state index in [1.807, 2.05) is 12.1 Å². The molecule has 0 bridgehead atoms. The highest BCUT2D eigenvalue weighted by Crippen LogP contribution is 2.37. The summed E-state index contributed by atoms with van der Waals surface area (Å²) in [7, 11) is 0. The molecule has 0 radical (unpaired) electrons. The Balaban J connectivity index is 1.77. The number of aromatic hydroxyl groups is 1. The third kappa shape index (κ3) is 2.39. The van der Waals surface area contributed by atoms with Gasteiger partial charge in [-0.15, -0.1) is 0 Å². The van der Waals surface area contributed by atoms with Crippen LogP contribution in [0.5, 0.6) is 5.75 Å². The van der Waals surface area contributed by atoms with Crippen LogP contribution in [0.15, 0.2) is 18.2 Å². The van der Waals surface area contributed by atoms with Crippen LogP contribution in [-0.2, 0) is 6.42 Å². The van der Waals surface area contributed by atoms with Crippen LogP contribution in [0.1, 0.15) is 55.7 Å². The SMILES string of the molecule is Oc1ccc2c(c1)CCC2N1CCCCCCC1. The maximum absolute atomic E-state index is 9.56. The van der Waals surface area contributed by atoms with E-state index in [0.29, 0.717) is 11.8 Å². The van der Waals surface area contributed by atoms with Gasteiger partial charge in [0.15, 0.2) is 0 Å². The molecule has 1 saturated heterocycles. The van der Waals surface area contributed by atoms with Gasteiger partial charge >= 0.3 is 0 Å². The molecule has 0 saturated carbocycles. The van der Waals surface area contributed by atoms with Crippen molar-refractivity contribution in [2.45, 2.75) is 51.0 Å². The fourth-order valence-corrected chi connectivity index (χ4v) is 3.54. The number of benzene rings is 1. The Hall–Kier alpha value is -1.02. The van der Waals surface area contributed by atoms with E-state index in [4.69, 9.17) is 0 Å². The van der Waals surface area contributed by atoms with Crippen molar-refractivity contribution in [2.75, 3.05) is 13.1 Å². The van der Waals surface area contributed by atoms with Gasteiger partial charge in [0.25, 0.3) is 0 Å². The van der Waals surface area contributed by atoms with E-state index in [-0.39, 0.29) is 0 Å². The van der Waals surface area contributed by atoms with E-state index in [2.05, 4.69) is 11.0 Å². The Bertz CT molecular complexity index is 408. The van der Waals surface area contributed by atoms with E-state index < -0.39 is 0 Å². The molecule has 1 heterocycles. The number of phenolic OH excluding ortho intramolecular Hbond substituents is 1. The molecular formula is C16H23NO. The molecule has 1 unspecified atom stereocenters. The molecule has 0 spiro atoms. The molecule has 1 fully saturated rings. The lowest BCUT2D eigenvalue weighted by Crippen LogP contribution is -2.30. The number of likely N-dealkylation sites (tertiary alicyclic amines) is 1. The number of nitrogens with zero attached hydrogens (tertiary/aromatic N) is 1. The maximum Gasteiger partial charge on any atom is 0.115 e. The smallest absolute Gasteiger partial charge is 0.115 e. The Labute approximate surface area is 110 Å². The standard InChI is InChI=1S/C16H23NO/c18-14-7-8-15-13(12-14)6-9-16(15)17-10-4-2-1-3-5-11-17/h7-8,12,16,18H,1-6,9-11H2. The average Bonchev–Trinajstić information content (AvgIpc) is 2.71. The molecule has 2 aliphatic rings. The molecule has 3 rings (SSSR count). The Morgan fingerprint density at radius 2 is 1.72 bits per heavy atom. The molecule has 0 amide bonds. The lowest BCUT2D eigenvalue weighted by atomic mass is 10.0. The van der Waals surface area contributed by atoms with Crippen LogP contribution in [0.2, 0.25) is 0 Å². The summed E-state index contributed by atoms with van der Waals surface area (Å²) >= 11 is 0. The van der Waals surface area contributed by atoms with E-state index in [0.717, 1.165) is 6.42 Å². The van der Waals surface area contributed by atoms with Crippen LogP contribution in [0.25, 0.3) is 0 Å². The van der Waals surface area contributed by atoms with Crippen molar-refractivity contribution in [1.82, 2.24) is 4.90 Å². The summed E-state index contributed by atoms with van der Waals surface area (Å²) < 4.78 is 0. The quantitative estimate of drug-likeness (QED) is 0.816. The zero-order valence-corrected chi connectivity index (χ0v) is 11.1. The Morgan fingerprint density at radius 3 is 2.50 bits per heavy atom. The van der Waals surface area contributed by atoms with E-state index in [1.165, 1.54) is 62.7 Å². The van der Waals surface area contributed by atoms with Crippen LogP contribution >= 0.6 is 0 Å². The van der Waals surface area contributed by atoms with Crippen molar-refractivity contribution in [2.24, 2.45) is 0 Å². The maximum atomic E-state index is 9.56. The highest BCUT2D eigenvalue weighted by Gasteiger charge is 2.27. The average molecular weight is 245 g/mol. The summed E-state index contributed by atoms with van der Waals surface area (Å²) in [6, 6.07) is 6.56. The largest absolute Gasteiger partial charge is 0.508 e. The minimum Gasteiger partial charge on any atom is -0.508 e. The van der Waals surface area contributed by atoms with Crippen LogP contribution in [0.3, 0.4) is 0 Å². The number of hydrogen-bond donors (Lipinski definition) is 1. The van der Waals surface area contributed by atoms with Gasteiger partial charge in [0.1, 0.15) is 5.75 Å². The molecule has 18 heavy (non-hydrogen) atoms. The Kier molecular flexibility index (Phi) is 3.55. The number of fused-ring (bicyclic) bond motifs is 1. The summed E-state index contributed by atoms with van der Waals surface area (Å²) in [5, 5.41) is 9.56.